The van der Waals surface area contributed by atoms with E-state index in [0.29, 0.717) is 30.5 Å². The lowest BCUT2D eigenvalue weighted by Crippen LogP contribution is -2.64. The standard InChI is InChI=1S/C65H89N6O14P/c1-63-29-28-49(72)36-48(63)25-26-50-51-37-57-65(64(51,2)38-53(73)58(50)63,84-61(83-57)44-20-9-6-10-21-44)56(75)42-82-60(77)52(23-15-31-69-62(66)67)70-59(76)46-22-16-32-71(40-46)41-47-35-45(24-27-55(47)85-86(78,79)80)54(74)39-68-30-12-3-4-13-33-81-34-14-11-19-43-17-7-5-8-18-43/h5,7-8,16-18,22,24,27-29,32,35-36,40,44,50-54,57-58,61,68,73-74H,3-4,6,9-15,19-21,23,25-26,30-31,33-34,37-39,41-42H2,1-2H3,(H6-,66,67,69,70,76,78,79,80)/p+1/t50?,51?,52-,53-,54?,57+,58?,61+,63-,64-,65+/m0/s1. The molecule has 11 atom stereocenters. The number of benzene rings is 2. The molecule has 5 fully saturated rings. The highest BCUT2D eigenvalue weighted by Crippen LogP contribution is 2.70. The van der Waals surface area contributed by atoms with Crippen LogP contribution >= 0.6 is 7.82 Å². The second-order valence-electron chi connectivity index (χ2n) is 25.1. The molecule has 6 aliphatic rings. The van der Waals surface area contributed by atoms with E-state index in [0.717, 1.165) is 102 Å². The number of guanidine groups is 1. The van der Waals surface area contributed by atoms with E-state index in [1.165, 1.54) is 23.9 Å². The normalized spacial score (nSPS) is 27.6. The molecule has 1 amide bonds. The monoisotopic (exact) mass is 1210 g/mol. The maximum absolute atomic E-state index is 15.3. The van der Waals surface area contributed by atoms with E-state index in [-0.39, 0.29) is 85.6 Å². The molecule has 21 heteroatoms. The van der Waals surface area contributed by atoms with Gasteiger partial charge in [-0.05, 0) is 143 Å². The van der Waals surface area contributed by atoms with Crippen molar-refractivity contribution in [2.45, 2.75) is 172 Å². The minimum Gasteiger partial charge on any atom is -0.456 e. The molecule has 9 rings (SSSR count). The van der Waals surface area contributed by atoms with Crippen molar-refractivity contribution in [3.05, 3.63) is 119 Å². The van der Waals surface area contributed by atoms with E-state index in [1.807, 2.05) is 19.1 Å². The summed E-state index contributed by atoms with van der Waals surface area (Å²) in [5, 5.41) is 29.7. The maximum atomic E-state index is 15.3. The average molecular weight is 1210 g/mol. The topological polar surface area (TPSA) is 305 Å². The van der Waals surface area contributed by atoms with Crippen LogP contribution in [0.5, 0.6) is 5.75 Å². The first-order chi connectivity index (χ1) is 41.3. The fourth-order valence-corrected chi connectivity index (χ4v) is 15.5. The molecule has 1 aliphatic heterocycles. The lowest BCUT2D eigenvalue weighted by molar-refractivity contribution is -0.688. The summed E-state index contributed by atoms with van der Waals surface area (Å²) < 4.78 is 44.5. The van der Waals surface area contributed by atoms with Crippen molar-refractivity contribution in [1.29, 1.82) is 0 Å². The molecule has 1 saturated heterocycles. The molecule has 20 nitrogen and oxygen atoms in total. The summed E-state index contributed by atoms with van der Waals surface area (Å²) in [6.45, 7) is 5.94. The Morgan fingerprint density at radius 2 is 1.71 bits per heavy atom. The number of aryl methyl sites for hydroxylation is 1. The Morgan fingerprint density at radius 1 is 0.942 bits per heavy atom. The number of aliphatic imine (C=N–C) groups is 1. The number of ketones is 2. The highest BCUT2D eigenvalue weighted by Gasteiger charge is 2.76. The summed E-state index contributed by atoms with van der Waals surface area (Å²) >= 11 is 0. The molecular formula is C65H90N6O14P+. The third-order valence-corrected chi connectivity index (χ3v) is 19.8. The van der Waals surface area contributed by atoms with Crippen LogP contribution in [0.2, 0.25) is 0 Å². The fraction of sp³-hybridized carbons (Fsp3) is 0.600. The zero-order valence-corrected chi connectivity index (χ0v) is 50.8. The molecule has 4 unspecified atom stereocenters. The van der Waals surface area contributed by atoms with Gasteiger partial charge in [0.25, 0.3) is 5.91 Å². The van der Waals surface area contributed by atoms with E-state index in [2.05, 4.69) is 46.8 Å². The second-order valence-corrected chi connectivity index (χ2v) is 26.3. The van der Waals surface area contributed by atoms with Crippen LogP contribution in [-0.4, -0.2) is 119 Å². The van der Waals surface area contributed by atoms with Gasteiger partial charge in [0, 0.05) is 55.0 Å². The number of nitrogens with zero attached hydrogens (tertiary/aromatic N) is 2. The van der Waals surface area contributed by atoms with Crippen LogP contribution in [0.4, 0.5) is 0 Å². The minimum atomic E-state index is -5.02. The van der Waals surface area contributed by atoms with Crippen molar-refractivity contribution in [2.75, 3.05) is 39.5 Å². The molecule has 10 N–H and O–H groups in total. The summed E-state index contributed by atoms with van der Waals surface area (Å²) in [6.07, 6.45) is 19.8. The number of aliphatic hydroxyl groups excluding tert-OH is 2. The van der Waals surface area contributed by atoms with E-state index >= 15 is 4.79 Å². The third kappa shape index (κ3) is 15.4. The number of amides is 1. The Balaban J connectivity index is 0.828. The summed E-state index contributed by atoms with van der Waals surface area (Å²) in [5.74, 6) is -2.56. The van der Waals surface area contributed by atoms with Crippen LogP contribution in [0.3, 0.4) is 0 Å². The van der Waals surface area contributed by atoms with Gasteiger partial charge in [0.2, 0.25) is 5.78 Å². The summed E-state index contributed by atoms with van der Waals surface area (Å²) in [6, 6.07) is 16.9. The first-order valence-corrected chi connectivity index (χ1v) is 32.7. The number of nitrogens with two attached hydrogens (primary N) is 2. The average Bonchev–Trinajstić information content (AvgIpc) is 1.48. The number of rotatable bonds is 30. The van der Waals surface area contributed by atoms with Gasteiger partial charge in [-0.25, -0.2) is 9.36 Å². The number of phosphoric acid groups is 1. The van der Waals surface area contributed by atoms with Crippen LogP contribution in [0, 0.1) is 34.5 Å². The minimum absolute atomic E-state index is 0.0162. The number of fused-ring (bicyclic) bond motifs is 7. The molecule has 3 aromatic rings. The Hall–Kier alpha value is -5.67. The number of aromatic nitrogens is 1. The summed E-state index contributed by atoms with van der Waals surface area (Å²) in [4.78, 5) is 80.2. The van der Waals surface area contributed by atoms with Gasteiger partial charge in [0.1, 0.15) is 17.4 Å². The van der Waals surface area contributed by atoms with E-state index in [1.54, 1.807) is 41.1 Å². The Labute approximate surface area is 505 Å². The number of Topliss-reactive ketones (excluding diaryl/α,β-unsaturated/α-hetero) is 1. The number of hydrogen-bond acceptors (Lipinski definition) is 14. The van der Waals surface area contributed by atoms with Gasteiger partial charge in [0.05, 0.1) is 23.9 Å². The van der Waals surface area contributed by atoms with Crippen molar-refractivity contribution in [2.24, 2.45) is 51.0 Å². The van der Waals surface area contributed by atoms with Gasteiger partial charge in [-0.15, -0.1) is 0 Å². The quantitative estimate of drug-likeness (QED) is 0.00838. The molecular weight excluding hydrogens is 1120 g/mol. The Kier molecular flexibility index (Phi) is 21.9. The van der Waals surface area contributed by atoms with Crippen molar-refractivity contribution in [1.82, 2.24) is 10.6 Å². The van der Waals surface area contributed by atoms with Gasteiger partial charge in [-0.3, -0.25) is 29.2 Å². The van der Waals surface area contributed by atoms with Crippen molar-refractivity contribution < 1.29 is 71.8 Å². The number of unbranched alkanes of at least 4 members (excludes halogenated alkanes) is 4. The number of hydrogen-bond donors (Lipinski definition) is 8. The lowest BCUT2D eigenvalue weighted by Gasteiger charge is -2.59. The smallest absolute Gasteiger partial charge is 0.456 e. The Morgan fingerprint density at radius 3 is 2.48 bits per heavy atom. The molecule has 4 saturated carbocycles. The lowest BCUT2D eigenvalue weighted by atomic mass is 9.46. The van der Waals surface area contributed by atoms with E-state index in [9.17, 15) is 38.9 Å². The zero-order chi connectivity index (χ0) is 61.1. The predicted molar refractivity (Wildman–Crippen MR) is 321 cm³/mol. The number of aliphatic hydroxyl groups is 2. The van der Waals surface area contributed by atoms with E-state index in [4.69, 9.17) is 34.9 Å². The third-order valence-electron chi connectivity index (χ3n) is 19.3. The van der Waals surface area contributed by atoms with E-state index < -0.39 is 79.2 Å². The van der Waals surface area contributed by atoms with Crippen molar-refractivity contribution in [3.8, 4) is 5.75 Å². The first kappa shape index (κ1) is 64.8. The molecule has 468 valence electrons. The number of pyridine rings is 1. The van der Waals surface area contributed by atoms with Gasteiger partial charge in [0.15, 0.2) is 49.2 Å². The molecule has 0 spiro atoms. The first-order valence-electron chi connectivity index (χ1n) is 31.2. The van der Waals surface area contributed by atoms with Gasteiger partial charge in [-0.2, -0.15) is 4.57 Å². The molecule has 1 aromatic heterocycles. The number of carbonyl (C=O) groups excluding carboxylic acids is 4. The fourth-order valence-electron chi connectivity index (χ4n) is 15.1. The van der Waals surface area contributed by atoms with Crippen LogP contribution in [0.25, 0.3) is 0 Å². The number of carbonyl (C=O) groups is 4. The highest BCUT2D eigenvalue weighted by molar-refractivity contribution is 7.46. The Bertz CT molecular complexity index is 2980. The number of ether oxygens (including phenoxy) is 4. The molecule has 5 aliphatic carbocycles. The number of nitrogens with one attached hydrogen (secondary N) is 2. The van der Waals surface area contributed by atoms with Crippen LogP contribution in [0.15, 0.2) is 102 Å². The summed E-state index contributed by atoms with van der Waals surface area (Å²) in [5.41, 5.74) is 11.5. The molecule has 2 heterocycles. The van der Waals surface area contributed by atoms with Gasteiger partial charge >= 0.3 is 13.8 Å². The molecule has 0 radical (unpaired) electrons. The number of esters is 1. The van der Waals surface area contributed by atoms with Gasteiger partial charge < -0.3 is 55.8 Å². The van der Waals surface area contributed by atoms with Crippen molar-refractivity contribution in [3.63, 3.8) is 0 Å². The van der Waals surface area contributed by atoms with Crippen LogP contribution in [0.1, 0.15) is 156 Å². The number of phosphoric ester groups is 1. The highest BCUT2D eigenvalue weighted by atomic mass is 31.2. The molecule has 86 heavy (non-hydrogen) atoms. The molecule has 2 aromatic carbocycles. The zero-order valence-electron chi connectivity index (χ0n) is 49.9. The summed E-state index contributed by atoms with van der Waals surface area (Å²) in [7, 11) is -5.02. The van der Waals surface area contributed by atoms with Crippen molar-refractivity contribution >= 4 is 37.2 Å². The maximum Gasteiger partial charge on any atom is 0.524 e. The number of allylic oxidation sites excluding steroid dienone is 4. The SMILES string of the molecule is C[C@]12C=CC(=O)C=C1CCC1C2[C@@H](O)C[C@@]2(C)C1C[C@H]1O[C@@H](C3CCCCC3)O[C@]12C(=O)COC(=O)[C@H](CCCN=C(N)N)NC(=O)c1ccc[n+](Cc2cc(C(O)CNCCCCCCOCCCCc3ccccc3)ccc2OP(=O)(O)O)c1. The van der Waals surface area contributed by atoms with Crippen LogP contribution < -0.4 is 31.2 Å². The predicted octanol–water partition coefficient (Wildman–Crippen LogP) is 6.93. The molecule has 0 bridgehead atoms. The van der Waals surface area contributed by atoms with Crippen LogP contribution in [-0.2, 0) is 50.9 Å². The van der Waals surface area contributed by atoms with Gasteiger partial charge in [-0.1, -0.05) is 94.0 Å². The largest absolute Gasteiger partial charge is 0.524 e. The second kappa shape index (κ2) is 29.1.